The molecule has 0 unspecified atom stereocenters. The van der Waals surface area contributed by atoms with Crippen LogP contribution in [0, 0.1) is 0 Å². The number of carbonyl (C=O) groups excluding carboxylic acids is 2. The first-order valence-corrected chi connectivity index (χ1v) is 9.02. The quantitative estimate of drug-likeness (QED) is 0.310. The first-order valence-electron chi connectivity index (χ1n) is 8.23. The number of benzene rings is 2. The SMILES string of the molecule is COc1ccc(/C=C/C(=O)NO)cc1OCC(=O)Nc1cc(Br)cc(C(F)(F)F)c1. The topological polar surface area (TPSA) is 96.9 Å². The van der Waals surface area contributed by atoms with E-state index in [1.54, 1.807) is 6.07 Å². The van der Waals surface area contributed by atoms with Gasteiger partial charge in [0.1, 0.15) is 0 Å². The molecule has 11 heteroatoms. The van der Waals surface area contributed by atoms with Crippen LogP contribution in [0.2, 0.25) is 0 Å². The molecule has 3 N–H and O–H groups in total. The summed E-state index contributed by atoms with van der Waals surface area (Å²) in [6, 6.07) is 7.65. The monoisotopic (exact) mass is 488 g/mol. The second-order valence-electron chi connectivity index (χ2n) is 5.78. The van der Waals surface area contributed by atoms with Gasteiger partial charge in [-0.1, -0.05) is 22.0 Å². The molecule has 2 aromatic rings. The average molecular weight is 489 g/mol. The zero-order valence-corrected chi connectivity index (χ0v) is 17.0. The summed E-state index contributed by atoms with van der Waals surface area (Å²) in [7, 11) is 1.39. The fourth-order valence-electron chi connectivity index (χ4n) is 2.28. The van der Waals surface area contributed by atoms with Crippen LogP contribution in [0.15, 0.2) is 46.9 Å². The van der Waals surface area contributed by atoms with E-state index >= 15 is 0 Å². The molecule has 2 rings (SSSR count). The van der Waals surface area contributed by atoms with E-state index in [0.29, 0.717) is 11.3 Å². The largest absolute Gasteiger partial charge is 0.493 e. The van der Waals surface area contributed by atoms with Gasteiger partial charge in [-0.15, -0.1) is 0 Å². The Morgan fingerprint density at radius 2 is 1.90 bits per heavy atom. The van der Waals surface area contributed by atoms with E-state index in [0.717, 1.165) is 18.2 Å². The molecule has 0 bridgehead atoms. The van der Waals surface area contributed by atoms with Crippen LogP contribution in [0.4, 0.5) is 18.9 Å². The van der Waals surface area contributed by atoms with E-state index in [4.69, 9.17) is 14.7 Å². The Morgan fingerprint density at radius 1 is 1.17 bits per heavy atom. The number of methoxy groups -OCH3 is 1. The highest BCUT2D eigenvalue weighted by Gasteiger charge is 2.31. The molecule has 0 atom stereocenters. The highest BCUT2D eigenvalue weighted by Crippen LogP contribution is 2.33. The third kappa shape index (κ3) is 6.78. The van der Waals surface area contributed by atoms with Gasteiger partial charge in [0.2, 0.25) is 0 Å². The molecule has 0 saturated carbocycles. The molecular weight excluding hydrogens is 473 g/mol. The molecule has 0 aliphatic rings. The van der Waals surface area contributed by atoms with Crippen molar-refractivity contribution in [1.82, 2.24) is 5.48 Å². The first-order chi connectivity index (χ1) is 14.1. The Morgan fingerprint density at radius 3 is 2.53 bits per heavy atom. The normalized spacial score (nSPS) is 11.3. The van der Waals surface area contributed by atoms with Gasteiger partial charge >= 0.3 is 6.18 Å². The minimum absolute atomic E-state index is 0.0519. The van der Waals surface area contributed by atoms with Crippen LogP contribution >= 0.6 is 15.9 Å². The molecule has 0 spiro atoms. The first kappa shape index (κ1) is 23.2. The van der Waals surface area contributed by atoms with Crippen molar-refractivity contribution < 1.29 is 37.4 Å². The Kier molecular flexibility index (Phi) is 7.84. The number of amides is 2. The van der Waals surface area contributed by atoms with Crippen molar-refractivity contribution in [3.63, 3.8) is 0 Å². The van der Waals surface area contributed by atoms with Gasteiger partial charge in [0, 0.05) is 16.2 Å². The number of hydrogen-bond acceptors (Lipinski definition) is 5. The maximum atomic E-state index is 12.9. The van der Waals surface area contributed by atoms with E-state index in [2.05, 4.69) is 21.2 Å². The molecule has 0 aromatic heterocycles. The Hall–Kier alpha value is -3.05. The number of hydrogen-bond donors (Lipinski definition) is 3. The summed E-state index contributed by atoms with van der Waals surface area (Å²) in [6.45, 7) is -0.505. The lowest BCUT2D eigenvalue weighted by molar-refractivity contribution is -0.137. The number of rotatable bonds is 7. The number of ether oxygens (including phenoxy) is 2. The van der Waals surface area contributed by atoms with Crippen molar-refractivity contribution in [1.29, 1.82) is 0 Å². The predicted octanol–water partition coefficient (Wildman–Crippen LogP) is 4.01. The lowest BCUT2D eigenvalue weighted by atomic mass is 10.2. The van der Waals surface area contributed by atoms with Crippen molar-refractivity contribution in [3.8, 4) is 11.5 Å². The average Bonchev–Trinajstić information content (AvgIpc) is 2.69. The second-order valence-corrected chi connectivity index (χ2v) is 6.70. The summed E-state index contributed by atoms with van der Waals surface area (Å²) in [6.07, 6.45) is -2.10. The molecule has 0 saturated heterocycles. The molecule has 0 heterocycles. The third-order valence-electron chi connectivity index (χ3n) is 3.59. The number of halogens is 4. The zero-order valence-electron chi connectivity index (χ0n) is 15.4. The Labute approximate surface area is 177 Å². The highest BCUT2D eigenvalue weighted by atomic mass is 79.9. The van der Waals surface area contributed by atoms with Crippen LogP contribution in [0.5, 0.6) is 11.5 Å². The van der Waals surface area contributed by atoms with E-state index in [9.17, 15) is 22.8 Å². The fraction of sp³-hybridized carbons (Fsp3) is 0.158. The highest BCUT2D eigenvalue weighted by molar-refractivity contribution is 9.10. The van der Waals surface area contributed by atoms with Gasteiger partial charge in [0.05, 0.1) is 12.7 Å². The summed E-state index contributed by atoms with van der Waals surface area (Å²) in [5.41, 5.74) is 0.988. The summed E-state index contributed by atoms with van der Waals surface area (Å²) < 4.78 is 49.4. The molecule has 30 heavy (non-hydrogen) atoms. The van der Waals surface area contributed by atoms with Gasteiger partial charge in [-0.3, -0.25) is 14.8 Å². The number of hydroxylamine groups is 1. The van der Waals surface area contributed by atoms with Gasteiger partial charge in [-0.05, 0) is 42.0 Å². The minimum atomic E-state index is -4.56. The lowest BCUT2D eigenvalue weighted by Crippen LogP contribution is -2.20. The summed E-state index contributed by atoms with van der Waals surface area (Å²) >= 11 is 2.98. The van der Waals surface area contributed by atoms with Gasteiger partial charge in [-0.2, -0.15) is 13.2 Å². The van der Waals surface area contributed by atoms with E-state index < -0.39 is 30.2 Å². The second kappa shape index (κ2) is 10.1. The Bertz CT molecular complexity index is 964. The standard InChI is InChI=1S/C19H16BrF3N2O5/c1-29-15-4-2-11(3-5-17(26)25-28)6-16(15)30-10-18(27)24-14-8-12(19(21,22)23)7-13(20)9-14/h2-9,28H,10H2,1H3,(H,24,27)(H,25,26)/b5-3+. The molecule has 0 radical (unpaired) electrons. The third-order valence-corrected chi connectivity index (χ3v) is 4.05. The van der Waals surface area contributed by atoms with Crippen molar-refractivity contribution in [2.75, 3.05) is 19.0 Å². The van der Waals surface area contributed by atoms with Gasteiger partial charge in [-0.25, -0.2) is 5.48 Å². The summed E-state index contributed by atoms with van der Waals surface area (Å²) in [5.74, 6) is -0.957. The fourth-order valence-corrected chi connectivity index (χ4v) is 2.78. The van der Waals surface area contributed by atoms with Crippen molar-refractivity contribution in [3.05, 3.63) is 58.1 Å². The maximum absolute atomic E-state index is 12.9. The maximum Gasteiger partial charge on any atom is 0.416 e. The smallest absolute Gasteiger partial charge is 0.416 e. The lowest BCUT2D eigenvalue weighted by Gasteiger charge is -2.13. The molecule has 2 aromatic carbocycles. The molecule has 160 valence electrons. The van der Waals surface area contributed by atoms with Gasteiger partial charge in [0.25, 0.3) is 11.8 Å². The van der Waals surface area contributed by atoms with E-state index in [1.165, 1.54) is 36.9 Å². The zero-order chi connectivity index (χ0) is 22.3. The van der Waals surface area contributed by atoms with Crippen molar-refractivity contribution in [2.24, 2.45) is 0 Å². The molecule has 7 nitrogen and oxygen atoms in total. The van der Waals surface area contributed by atoms with Crippen molar-refractivity contribution >= 4 is 39.5 Å². The molecule has 0 aliphatic carbocycles. The van der Waals surface area contributed by atoms with Crippen LogP contribution in [-0.2, 0) is 15.8 Å². The van der Waals surface area contributed by atoms with Gasteiger partial charge in [0.15, 0.2) is 18.1 Å². The van der Waals surface area contributed by atoms with Crippen LogP contribution in [0.1, 0.15) is 11.1 Å². The predicted molar refractivity (Wildman–Crippen MR) is 105 cm³/mol. The van der Waals surface area contributed by atoms with E-state index in [-0.39, 0.29) is 15.9 Å². The van der Waals surface area contributed by atoms with Crippen molar-refractivity contribution in [2.45, 2.75) is 6.18 Å². The number of alkyl halides is 3. The van der Waals surface area contributed by atoms with E-state index in [1.807, 2.05) is 0 Å². The summed E-state index contributed by atoms with van der Waals surface area (Å²) in [5, 5.41) is 10.8. The van der Waals surface area contributed by atoms with Crippen LogP contribution in [0.25, 0.3) is 6.08 Å². The Balaban J connectivity index is 2.09. The van der Waals surface area contributed by atoms with Gasteiger partial charge < -0.3 is 14.8 Å². The van der Waals surface area contributed by atoms with Crippen LogP contribution in [0.3, 0.4) is 0 Å². The number of carbonyl (C=O) groups is 2. The van der Waals surface area contributed by atoms with Crippen LogP contribution in [-0.4, -0.2) is 30.7 Å². The molecule has 2 amide bonds. The minimum Gasteiger partial charge on any atom is -0.493 e. The number of nitrogens with one attached hydrogen (secondary N) is 2. The molecule has 0 fully saturated rings. The molecular formula is C19H16BrF3N2O5. The summed E-state index contributed by atoms with van der Waals surface area (Å²) in [4.78, 5) is 23.2. The molecule has 0 aliphatic heterocycles. The van der Waals surface area contributed by atoms with Crippen LogP contribution < -0.4 is 20.3 Å². The number of anilines is 1.